The lowest BCUT2D eigenvalue weighted by molar-refractivity contribution is 0.305. The molecule has 0 amide bonds. The van der Waals surface area contributed by atoms with Gasteiger partial charge in [-0.05, 0) is 5.56 Å². The van der Waals surface area contributed by atoms with E-state index in [4.69, 9.17) is 5.73 Å². The van der Waals surface area contributed by atoms with Gasteiger partial charge in [-0.25, -0.2) is 4.98 Å². The van der Waals surface area contributed by atoms with Crippen molar-refractivity contribution in [3.8, 4) is 0 Å². The molecular formula is C12H17N3O6P2. The summed E-state index contributed by atoms with van der Waals surface area (Å²) in [6.07, 6.45) is 2.15. The van der Waals surface area contributed by atoms with Crippen molar-refractivity contribution in [1.29, 1.82) is 0 Å². The van der Waals surface area contributed by atoms with E-state index < -0.39 is 26.6 Å². The fourth-order valence-electron chi connectivity index (χ4n) is 2.04. The summed E-state index contributed by atoms with van der Waals surface area (Å²) in [5.41, 5.74) is 6.32. The van der Waals surface area contributed by atoms with Crippen LogP contribution in [0.4, 0.5) is 0 Å². The molecule has 126 valence electrons. The van der Waals surface area contributed by atoms with Gasteiger partial charge in [0.05, 0.1) is 0 Å². The number of nitrogens with two attached hydrogens (primary N) is 1. The Balaban J connectivity index is 2.35. The third kappa shape index (κ3) is 3.79. The van der Waals surface area contributed by atoms with E-state index in [1.165, 1.54) is 10.8 Å². The molecule has 0 aliphatic carbocycles. The largest absolute Gasteiger partial charge is 0.358 e. The molecular weight excluding hydrogens is 344 g/mol. The Morgan fingerprint density at radius 3 is 2.17 bits per heavy atom. The van der Waals surface area contributed by atoms with Gasteiger partial charge in [-0.3, -0.25) is 9.13 Å². The zero-order valence-corrected chi connectivity index (χ0v) is 13.7. The van der Waals surface area contributed by atoms with Crippen molar-refractivity contribution in [2.45, 2.75) is 18.0 Å². The maximum absolute atomic E-state index is 11.5. The summed E-state index contributed by atoms with van der Waals surface area (Å²) in [5.74, 6) is 0.0722. The molecule has 2 rings (SSSR count). The van der Waals surface area contributed by atoms with E-state index in [0.717, 1.165) is 5.56 Å². The summed E-state index contributed by atoms with van der Waals surface area (Å²) < 4.78 is 24.6. The topological polar surface area (TPSA) is 159 Å². The Hall–Kier alpha value is -1.31. The zero-order chi connectivity index (χ0) is 17.3. The van der Waals surface area contributed by atoms with E-state index >= 15 is 0 Å². The molecule has 23 heavy (non-hydrogen) atoms. The smallest absolute Gasteiger partial charge is 0.330 e. The van der Waals surface area contributed by atoms with Gasteiger partial charge < -0.3 is 29.9 Å². The van der Waals surface area contributed by atoms with E-state index in [1.54, 1.807) is 6.20 Å². The number of benzene rings is 1. The molecule has 9 nitrogen and oxygen atoms in total. The zero-order valence-electron chi connectivity index (χ0n) is 11.9. The highest BCUT2D eigenvalue weighted by Crippen LogP contribution is 2.66. The van der Waals surface area contributed by atoms with Crippen LogP contribution in [-0.2, 0) is 22.1 Å². The van der Waals surface area contributed by atoms with Crippen LogP contribution in [0.25, 0.3) is 0 Å². The Bertz CT molecular complexity index is 744. The standard InChI is InChI=1S/C12H17N3O6P2/c13-12(22(16,17)18,23(19,20)21)8-11-14-6-7-15(11)9-10-4-2-1-3-5-10/h1-7H,8-9,13H2,(H2,16,17,18)(H2,19,20,21). The number of nitrogens with zero attached hydrogens (tertiary/aromatic N) is 2. The molecule has 11 heteroatoms. The number of aromatic nitrogens is 2. The summed E-state index contributed by atoms with van der Waals surface area (Å²) in [6.45, 7) is 0.328. The molecule has 0 unspecified atom stereocenters. The fourth-order valence-corrected chi connectivity index (χ4v) is 4.09. The van der Waals surface area contributed by atoms with Crippen LogP contribution in [0.3, 0.4) is 0 Å². The molecule has 0 aliphatic heterocycles. The monoisotopic (exact) mass is 361 g/mol. The van der Waals surface area contributed by atoms with Crippen LogP contribution in [0.2, 0.25) is 0 Å². The molecule has 0 saturated carbocycles. The minimum absolute atomic E-state index is 0.0722. The highest BCUT2D eigenvalue weighted by atomic mass is 31.2. The highest BCUT2D eigenvalue weighted by Gasteiger charge is 2.58. The lowest BCUT2D eigenvalue weighted by Crippen LogP contribution is -2.42. The van der Waals surface area contributed by atoms with Crippen molar-refractivity contribution < 1.29 is 28.7 Å². The van der Waals surface area contributed by atoms with Gasteiger partial charge in [0.25, 0.3) is 0 Å². The number of rotatable bonds is 6. The van der Waals surface area contributed by atoms with Crippen LogP contribution in [0.1, 0.15) is 11.4 Å². The maximum Gasteiger partial charge on any atom is 0.358 e. The summed E-state index contributed by atoms with van der Waals surface area (Å²) in [4.78, 5) is 41.2. The van der Waals surface area contributed by atoms with Crippen LogP contribution < -0.4 is 5.73 Å². The van der Waals surface area contributed by atoms with Gasteiger partial charge in [0, 0.05) is 25.4 Å². The molecule has 0 spiro atoms. The third-order valence-corrected chi connectivity index (χ3v) is 7.32. The average Bonchev–Trinajstić information content (AvgIpc) is 2.84. The number of imidazole rings is 1. The summed E-state index contributed by atoms with van der Waals surface area (Å²) >= 11 is 0. The second-order valence-electron chi connectivity index (χ2n) is 5.10. The van der Waals surface area contributed by atoms with E-state index in [2.05, 4.69) is 4.98 Å². The van der Waals surface area contributed by atoms with Gasteiger partial charge in [0.2, 0.25) is 5.02 Å². The summed E-state index contributed by atoms with van der Waals surface area (Å²) in [6, 6.07) is 9.16. The van der Waals surface area contributed by atoms with E-state index in [1.807, 2.05) is 30.3 Å². The lowest BCUT2D eigenvalue weighted by atomic mass is 10.2. The van der Waals surface area contributed by atoms with E-state index in [9.17, 15) is 28.7 Å². The van der Waals surface area contributed by atoms with Gasteiger partial charge in [-0.15, -0.1) is 0 Å². The van der Waals surface area contributed by atoms with Crippen molar-refractivity contribution >= 4 is 15.2 Å². The molecule has 0 radical (unpaired) electrons. The first-order valence-corrected chi connectivity index (χ1v) is 9.71. The minimum Gasteiger partial charge on any atom is -0.330 e. The van der Waals surface area contributed by atoms with Crippen LogP contribution in [0.15, 0.2) is 42.7 Å². The van der Waals surface area contributed by atoms with Crippen LogP contribution >= 0.6 is 15.2 Å². The van der Waals surface area contributed by atoms with Crippen LogP contribution in [0.5, 0.6) is 0 Å². The molecule has 0 fully saturated rings. The molecule has 1 heterocycles. The molecule has 2 aromatic rings. The van der Waals surface area contributed by atoms with Crippen molar-refractivity contribution in [3.63, 3.8) is 0 Å². The first-order chi connectivity index (χ1) is 10.5. The Labute approximate surface area is 132 Å². The summed E-state index contributed by atoms with van der Waals surface area (Å²) in [7, 11) is -10.6. The second kappa shape index (κ2) is 6.30. The molecule has 0 aliphatic rings. The van der Waals surface area contributed by atoms with Crippen LogP contribution in [0, 0.1) is 0 Å². The second-order valence-corrected chi connectivity index (χ2v) is 9.23. The van der Waals surface area contributed by atoms with Gasteiger partial charge in [0.1, 0.15) is 5.82 Å². The molecule has 1 aromatic heterocycles. The average molecular weight is 361 g/mol. The molecule has 0 atom stereocenters. The predicted molar refractivity (Wildman–Crippen MR) is 82.5 cm³/mol. The first-order valence-electron chi connectivity index (χ1n) is 6.49. The van der Waals surface area contributed by atoms with Crippen LogP contribution in [-0.4, -0.2) is 34.1 Å². The third-order valence-electron chi connectivity index (χ3n) is 3.42. The molecule has 1 aromatic carbocycles. The molecule has 0 bridgehead atoms. The molecule has 6 N–H and O–H groups in total. The van der Waals surface area contributed by atoms with Gasteiger partial charge in [0.15, 0.2) is 0 Å². The van der Waals surface area contributed by atoms with Gasteiger partial charge in [-0.1, -0.05) is 30.3 Å². The highest BCUT2D eigenvalue weighted by molar-refractivity contribution is 7.72. The van der Waals surface area contributed by atoms with Gasteiger partial charge in [-0.2, -0.15) is 0 Å². The Kier molecular flexibility index (Phi) is 4.94. The van der Waals surface area contributed by atoms with E-state index in [0.29, 0.717) is 6.54 Å². The summed E-state index contributed by atoms with van der Waals surface area (Å²) in [5, 5.41) is -3.01. The van der Waals surface area contributed by atoms with Gasteiger partial charge >= 0.3 is 15.2 Å². The normalized spacial score (nSPS) is 13.3. The van der Waals surface area contributed by atoms with E-state index in [-0.39, 0.29) is 5.82 Å². The quantitative estimate of drug-likeness (QED) is 0.464. The Morgan fingerprint density at radius 1 is 1.09 bits per heavy atom. The molecule has 0 saturated heterocycles. The minimum atomic E-state index is -5.29. The first kappa shape index (κ1) is 18.0. The number of hydrogen-bond acceptors (Lipinski definition) is 4. The number of hydrogen-bond donors (Lipinski definition) is 5. The predicted octanol–water partition coefficient (Wildman–Crippen LogP) is 0.442. The van der Waals surface area contributed by atoms with Crippen molar-refractivity contribution in [1.82, 2.24) is 9.55 Å². The maximum atomic E-state index is 11.5. The fraction of sp³-hybridized carbons (Fsp3) is 0.250. The lowest BCUT2D eigenvalue weighted by Gasteiger charge is -2.30. The Morgan fingerprint density at radius 2 is 1.65 bits per heavy atom. The SMILES string of the molecule is NC(Cc1nccn1Cc1ccccc1)(P(=O)(O)O)P(=O)(O)O. The van der Waals surface area contributed by atoms with Crippen molar-refractivity contribution in [2.75, 3.05) is 0 Å². The van der Waals surface area contributed by atoms with Crippen molar-refractivity contribution in [2.24, 2.45) is 5.73 Å². The van der Waals surface area contributed by atoms with Crippen molar-refractivity contribution in [3.05, 3.63) is 54.1 Å².